The molecule has 0 radical (unpaired) electrons. The summed E-state index contributed by atoms with van der Waals surface area (Å²) in [6.07, 6.45) is 4.22. The predicted octanol–water partition coefficient (Wildman–Crippen LogP) is 3.77. The van der Waals surface area contributed by atoms with Crippen LogP contribution >= 0.6 is 0 Å². The van der Waals surface area contributed by atoms with E-state index in [1.807, 2.05) is 32.0 Å². The molecule has 0 unspecified atom stereocenters. The third-order valence-electron chi connectivity index (χ3n) is 6.43. The molecule has 0 saturated carbocycles. The van der Waals surface area contributed by atoms with Crippen LogP contribution in [0, 0.1) is 13.8 Å². The Labute approximate surface area is 208 Å². The van der Waals surface area contributed by atoms with Gasteiger partial charge in [0.2, 0.25) is 0 Å². The number of amides is 1. The van der Waals surface area contributed by atoms with Crippen LogP contribution in [0.2, 0.25) is 0 Å². The summed E-state index contributed by atoms with van der Waals surface area (Å²) in [5.74, 6) is 1.51. The minimum Gasteiger partial charge on any atom is -0.382 e. The summed E-state index contributed by atoms with van der Waals surface area (Å²) in [6, 6.07) is 7.46. The van der Waals surface area contributed by atoms with Crippen molar-refractivity contribution in [2.24, 2.45) is 0 Å². The first kappa shape index (κ1) is 26.7. The minimum absolute atomic E-state index is 0.120. The summed E-state index contributed by atoms with van der Waals surface area (Å²) in [6.45, 7) is 6.62. The van der Waals surface area contributed by atoms with E-state index in [0.29, 0.717) is 49.1 Å². The topological polar surface area (TPSA) is 120 Å². The van der Waals surface area contributed by atoms with E-state index < -0.39 is 9.84 Å². The quantitative estimate of drug-likeness (QED) is 0.366. The number of carbonyl (C=O) groups is 1. The Morgan fingerprint density at radius 3 is 2.49 bits per heavy atom. The number of benzene rings is 1. The number of carbonyl (C=O) groups excluding carboxylic acids is 1. The monoisotopic (exact) mass is 499 g/mol. The number of unbranched alkanes of at least 4 members (excludes halogenated alkanes) is 1. The van der Waals surface area contributed by atoms with Crippen molar-refractivity contribution in [2.45, 2.75) is 65.8 Å². The number of anilines is 1. The molecule has 0 spiro atoms. The summed E-state index contributed by atoms with van der Waals surface area (Å²) < 4.78 is 27.6. The van der Waals surface area contributed by atoms with Crippen LogP contribution in [-0.2, 0) is 29.2 Å². The van der Waals surface area contributed by atoms with E-state index in [1.54, 1.807) is 13.1 Å². The third kappa shape index (κ3) is 6.39. The Balaban J connectivity index is 1.60. The van der Waals surface area contributed by atoms with E-state index >= 15 is 0 Å². The van der Waals surface area contributed by atoms with Gasteiger partial charge >= 0.3 is 0 Å². The van der Waals surface area contributed by atoms with Crippen molar-refractivity contribution in [3.8, 4) is 0 Å². The normalized spacial score (nSPS) is 11.8. The largest absolute Gasteiger partial charge is 0.382 e. The second kappa shape index (κ2) is 11.7. The van der Waals surface area contributed by atoms with Crippen LogP contribution in [-0.4, -0.2) is 47.4 Å². The molecule has 0 aliphatic heterocycles. The molecule has 8 nitrogen and oxygen atoms in total. The maximum atomic E-state index is 12.7. The molecule has 1 aromatic carbocycles. The number of nitrogens with two attached hydrogens (primary N) is 1. The summed E-state index contributed by atoms with van der Waals surface area (Å²) in [4.78, 5) is 21.2. The molecule has 190 valence electrons. The number of imidazole rings is 1. The summed E-state index contributed by atoms with van der Waals surface area (Å²) >= 11 is 0. The fourth-order valence-corrected chi connectivity index (χ4v) is 5.90. The maximum absolute atomic E-state index is 12.7. The minimum atomic E-state index is -3.18. The van der Waals surface area contributed by atoms with Crippen molar-refractivity contribution in [2.75, 3.05) is 24.3 Å². The Morgan fingerprint density at radius 1 is 1.06 bits per heavy atom. The summed E-state index contributed by atoms with van der Waals surface area (Å²) in [7, 11) is -1.57. The van der Waals surface area contributed by atoms with Crippen LogP contribution in [0.5, 0.6) is 0 Å². The van der Waals surface area contributed by atoms with Crippen molar-refractivity contribution in [3.05, 3.63) is 52.5 Å². The van der Waals surface area contributed by atoms with Gasteiger partial charge < -0.3 is 15.6 Å². The number of fused-ring (bicyclic) bond motifs is 1. The lowest BCUT2D eigenvalue weighted by atomic mass is 10.0. The Morgan fingerprint density at radius 2 is 1.77 bits per heavy atom. The Bertz CT molecular complexity index is 1300. The van der Waals surface area contributed by atoms with Gasteiger partial charge in [0.25, 0.3) is 5.91 Å². The van der Waals surface area contributed by atoms with Crippen LogP contribution in [0.3, 0.4) is 0 Å². The molecular formula is C26H37N5O3S. The highest BCUT2D eigenvalue weighted by Gasteiger charge is 2.18. The summed E-state index contributed by atoms with van der Waals surface area (Å²) in [5, 5.41) is 2.65. The molecular weight excluding hydrogens is 462 g/mol. The van der Waals surface area contributed by atoms with Crippen LogP contribution in [0.25, 0.3) is 11.0 Å². The van der Waals surface area contributed by atoms with Crippen molar-refractivity contribution in [1.29, 1.82) is 0 Å². The van der Waals surface area contributed by atoms with E-state index in [1.165, 1.54) is 0 Å². The fraction of sp³-hybridized carbons (Fsp3) is 0.500. The second-order valence-corrected chi connectivity index (χ2v) is 11.3. The van der Waals surface area contributed by atoms with Gasteiger partial charge in [0.1, 0.15) is 21.2 Å². The number of nitrogens with one attached hydrogen (secondary N) is 1. The van der Waals surface area contributed by atoms with Crippen LogP contribution in [0.4, 0.5) is 5.82 Å². The lowest BCUT2D eigenvalue weighted by Crippen LogP contribution is -2.19. The highest BCUT2D eigenvalue weighted by molar-refractivity contribution is 7.91. The molecule has 9 heteroatoms. The first-order chi connectivity index (χ1) is 16.7. The molecule has 1 amide bonds. The van der Waals surface area contributed by atoms with E-state index in [2.05, 4.69) is 21.8 Å². The standard InChI is InChI=1S/C26H37N5O3S/c1-5-11-22-30-23-24(18(2)19(3)29-25(23)27)31(22)15-10-17-35(33,34)16-9-8-13-20-12-6-7-14-21(20)26(32)28-4/h6-7,12,14H,5,8-11,13,15-17H2,1-4H3,(H2,27,29)(H,28,32). The van der Waals surface area contributed by atoms with Gasteiger partial charge in [-0.15, -0.1) is 0 Å². The molecule has 3 rings (SSSR count). The van der Waals surface area contributed by atoms with Gasteiger partial charge in [-0.2, -0.15) is 0 Å². The number of hydrogen-bond acceptors (Lipinski definition) is 6. The molecule has 0 fully saturated rings. The number of nitrogens with zero attached hydrogens (tertiary/aromatic N) is 3. The first-order valence-corrected chi connectivity index (χ1v) is 14.1. The van der Waals surface area contributed by atoms with Gasteiger partial charge in [0.05, 0.1) is 17.0 Å². The average molecular weight is 500 g/mol. The SMILES string of the molecule is CCCc1nc2c(N)nc(C)c(C)c2n1CCCS(=O)(=O)CCCCc1ccccc1C(=O)NC. The van der Waals surface area contributed by atoms with Gasteiger partial charge in [0.15, 0.2) is 5.82 Å². The van der Waals surface area contributed by atoms with Gasteiger partial charge in [0, 0.05) is 31.3 Å². The first-order valence-electron chi connectivity index (χ1n) is 12.3. The molecule has 2 aromatic heterocycles. The zero-order valence-electron chi connectivity index (χ0n) is 21.2. The zero-order valence-corrected chi connectivity index (χ0v) is 22.0. The van der Waals surface area contributed by atoms with E-state index in [0.717, 1.165) is 41.0 Å². The smallest absolute Gasteiger partial charge is 0.251 e. The number of rotatable bonds is 12. The molecule has 0 atom stereocenters. The molecule has 35 heavy (non-hydrogen) atoms. The lowest BCUT2D eigenvalue weighted by molar-refractivity contribution is 0.0962. The Hall–Kier alpha value is -2.94. The maximum Gasteiger partial charge on any atom is 0.251 e. The summed E-state index contributed by atoms with van der Waals surface area (Å²) in [5.41, 5.74) is 11.3. The lowest BCUT2D eigenvalue weighted by Gasteiger charge is -2.12. The number of pyridine rings is 1. The van der Waals surface area contributed by atoms with Gasteiger partial charge in [-0.3, -0.25) is 4.79 Å². The fourth-order valence-electron chi connectivity index (χ4n) is 4.48. The van der Waals surface area contributed by atoms with Gasteiger partial charge in [-0.05, 0) is 63.1 Å². The predicted molar refractivity (Wildman–Crippen MR) is 141 cm³/mol. The molecule has 0 saturated heterocycles. The molecule has 2 heterocycles. The van der Waals surface area contributed by atoms with Crippen LogP contribution in [0.15, 0.2) is 24.3 Å². The number of sulfone groups is 1. The molecule has 0 aliphatic carbocycles. The number of nitrogen functional groups attached to an aromatic ring is 1. The van der Waals surface area contributed by atoms with Crippen LogP contribution in [0.1, 0.15) is 65.6 Å². The van der Waals surface area contributed by atoms with Crippen molar-refractivity contribution >= 4 is 32.6 Å². The van der Waals surface area contributed by atoms with E-state index in [-0.39, 0.29) is 17.4 Å². The van der Waals surface area contributed by atoms with Crippen LogP contribution < -0.4 is 11.1 Å². The second-order valence-electron chi connectivity index (χ2n) is 9.03. The van der Waals surface area contributed by atoms with Crippen molar-refractivity contribution in [3.63, 3.8) is 0 Å². The van der Waals surface area contributed by atoms with Gasteiger partial charge in [-0.1, -0.05) is 25.1 Å². The number of aryl methyl sites for hydroxylation is 5. The van der Waals surface area contributed by atoms with E-state index in [4.69, 9.17) is 10.7 Å². The molecule has 0 aliphatic rings. The van der Waals surface area contributed by atoms with E-state index in [9.17, 15) is 13.2 Å². The molecule has 3 N–H and O–H groups in total. The molecule has 0 bridgehead atoms. The average Bonchev–Trinajstić information content (AvgIpc) is 3.19. The van der Waals surface area contributed by atoms with Crippen molar-refractivity contribution in [1.82, 2.24) is 19.9 Å². The number of hydrogen-bond donors (Lipinski definition) is 2. The zero-order chi connectivity index (χ0) is 25.6. The third-order valence-corrected chi connectivity index (χ3v) is 8.25. The molecule has 3 aromatic rings. The van der Waals surface area contributed by atoms with Crippen molar-refractivity contribution < 1.29 is 13.2 Å². The number of aromatic nitrogens is 3. The van der Waals surface area contributed by atoms with Gasteiger partial charge in [-0.25, -0.2) is 18.4 Å². The highest BCUT2D eigenvalue weighted by Crippen LogP contribution is 2.27. The highest BCUT2D eigenvalue weighted by atomic mass is 32.2. The Kier molecular flexibility index (Phi) is 8.88.